The number of hydrogen-bond acceptors (Lipinski definition) is 6. The number of carbonyl (C=O) groups is 1. The topological polar surface area (TPSA) is 110 Å². The fraction of sp³-hybridized carbons (Fsp3) is 0.286. The molecule has 86 valence electrons. The van der Waals surface area contributed by atoms with Gasteiger partial charge in [0.1, 0.15) is 0 Å². The second kappa shape index (κ2) is 4.71. The summed E-state index contributed by atoms with van der Waals surface area (Å²) in [6.07, 6.45) is 0. The van der Waals surface area contributed by atoms with E-state index in [1.54, 1.807) is 0 Å². The second-order valence-corrected chi connectivity index (χ2v) is 3.08. The van der Waals surface area contributed by atoms with Crippen LogP contribution in [0.25, 0.3) is 0 Å². The van der Waals surface area contributed by atoms with Crippen LogP contribution in [0, 0.1) is 10.1 Å². The normalized spacial score (nSPS) is 9.69. The molecule has 1 heterocycles. The van der Waals surface area contributed by atoms with E-state index in [4.69, 9.17) is 11.6 Å². The molecule has 0 atom stereocenters. The zero-order valence-electron chi connectivity index (χ0n) is 8.44. The second-order valence-electron chi connectivity index (χ2n) is 2.72. The maximum atomic E-state index is 10.8. The highest BCUT2D eigenvalue weighted by Gasteiger charge is 2.22. The summed E-state index contributed by atoms with van der Waals surface area (Å²) in [5, 5.41) is 15.1. The highest BCUT2D eigenvalue weighted by Crippen LogP contribution is 2.30. The molecule has 0 saturated heterocycles. The Morgan fingerprint density at radius 1 is 1.50 bits per heavy atom. The molecule has 0 unspecified atom stereocenters. The van der Waals surface area contributed by atoms with Crippen molar-refractivity contribution in [1.82, 2.24) is 9.97 Å². The average molecular weight is 246 g/mol. The van der Waals surface area contributed by atoms with Crippen LogP contribution in [-0.2, 0) is 4.79 Å². The monoisotopic (exact) mass is 245 g/mol. The van der Waals surface area contributed by atoms with Gasteiger partial charge in [0.25, 0.3) is 0 Å². The number of halogens is 1. The van der Waals surface area contributed by atoms with E-state index in [1.165, 1.54) is 14.0 Å². The molecule has 0 aromatic carbocycles. The van der Waals surface area contributed by atoms with Crippen molar-refractivity contribution < 1.29 is 9.72 Å². The fourth-order valence-electron chi connectivity index (χ4n) is 0.977. The van der Waals surface area contributed by atoms with Crippen molar-refractivity contribution >= 4 is 35.0 Å². The summed E-state index contributed by atoms with van der Waals surface area (Å²) in [5.41, 5.74) is -0.432. The van der Waals surface area contributed by atoms with Gasteiger partial charge in [-0.1, -0.05) is 11.6 Å². The van der Waals surface area contributed by atoms with Gasteiger partial charge in [0.2, 0.25) is 22.8 Å². The Morgan fingerprint density at radius 2 is 2.12 bits per heavy atom. The average Bonchev–Trinajstić information content (AvgIpc) is 2.14. The third kappa shape index (κ3) is 2.54. The minimum absolute atomic E-state index is 0.0613. The number of anilines is 2. The summed E-state index contributed by atoms with van der Waals surface area (Å²) in [6.45, 7) is 1.26. The smallest absolute Gasteiger partial charge is 0.348 e. The summed E-state index contributed by atoms with van der Waals surface area (Å²) >= 11 is 5.61. The lowest BCUT2D eigenvalue weighted by Crippen LogP contribution is -2.11. The van der Waals surface area contributed by atoms with Crippen LogP contribution in [0.2, 0.25) is 5.15 Å². The minimum Gasteiger partial charge on any atom is -0.367 e. The molecule has 2 N–H and O–H groups in total. The lowest BCUT2D eigenvalue weighted by atomic mass is 10.5. The Hall–Kier alpha value is -1.96. The number of nitrogens with one attached hydrogen (secondary N) is 2. The quantitative estimate of drug-likeness (QED) is 0.468. The van der Waals surface area contributed by atoms with E-state index in [1.807, 2.05) is 0 Å². The summed E-state index contributed by atoms with van der Waals surface area (Å²) in [7, 11) is 1.45. The van der Waals surface area contributed by atoms with Crippen molar-refractivity contribution in [2.45, 2.75) is 6.92 Å². The van der Waals surface area contributed by atoms with Crippen molar-refractivity contribution in [2.24, 2.45) is 0 Å². The molecule has 0 bridgehead atoms. The van der Waals surface area contributed by atoms with E-state index < -0.39 is 16.5 Å². The third-order valence-electron chi connectivity index (χ3n) is 1.55. The molecule has 0 aliphatic carbocycles. The zero-order chi connectivity index (χ0) is 12.3. The van der Waals surface area contributed by atoms with Crippen LogP contribution < -0.4 is 10.6 Å². The number of carbonyl (C=O) groups excluding carboxylic acids is 1. The first kappa shape index (κ1) is 12.1. The third-order valence-corrected chi connectivity index (χ3v) is 1.81. The van der Waals surface area contributed by atoms with E-state index in [9.17, 15) is 14.9 Å². The molecule has 1 aromatic rings. The Bertz CT molecular complexity index is 450. The van der Waals surface area contributed by atoms with Crippen LogP contribution in [0.1, 0.15) is 6.92 Å². The molecule has 8 nitrogen and oxygen atoms in total. The van der Waals surface area contributed by atoms with Gasteiger partial charge in [0.05, 0.1) is 4.92 Å². The number of nitrogens with zero attached hydrogens (tertiary/aromatic N) is 3. The Labute approximate surface area is 95.2 Å². The van der Waals surface area contributed by atoms with Gasteiger partial charge in [-0.15, -0.1) is 0 Å². The predicted molar refractivity (Wildman–Crippen MR) is 57.5 cm³/mol. The first-order valence-electron chi connectivity index (χ1n) is 4.13. The molecule has 0 aliphatic rings. The van der Waals surface area contributed by atoms with Gasteiger partial charge in [-0.2, -0.15) is 9.97 Å². The number of rotatable bonds is 3. The molecule has 0 spiro atoms. The molecule has 0 radical (unpaired) electrons. The maximum Gasteiger partial charge on any atom is 0.348 e. The van der Waals surface area contributed by atoms with E-state index >= 15 is 0 Å². The number of amides is 1. The molecule has 0 aliphatic heterocycles. The van der Waals surface area contributed by atoms with Crippen LogP contribution in [-0.4, -0.2) is 27.8 Å². The van der Waals surface area contributed by atoms with Gasteiger partial charge in [0.15, 0.2) is 0 Å². The lowest BCUT2D eigenvalue weighted by molar-refractivity contribution is -0.384. The first-order valence-corrected chi connectivity index (χ1v) is 4.50. The predicted octanol–water partition coefficient (Wildman–Crippen LogP) is 1.04. The molecule has 1 aromatic heterocycles. The summed E-state index contributed by atoms with van der Waals surface area (Å²) in [5.74, 6) is -0.548. The van der Waals surface area contributed by atoms with Gasteiger partial charge in [0, 0.05) is 14.0 Å². The van der Waals surface area contributed by atoms with Crippen LogP contribution in [0.5, 0.6) is 0 Å². The van der Waals surface area contributed by atoms with E-state index in [-0.39, 0.29) is 16.9 Å². The molecular weight excluding hydrogens is 238 g/mol. The van der Waals surface area contributed by atoms with Gasteiger partial charge in [-0.3, -0.25) is 20.2 Å². The Kier molecular flexibility index (Phi) is 3.56. The van der Waals surface area contributed by atoms with Crippen molar-refractivity contribution in [2.75, 3.05) is 17.7 Å². The van der Waals surface area contributed by atoms with Crippen LogP contribution >= 0.6 is 11.6 Å². The van der Waals surface area contributed by atoms with Gasteiger partial charge in [-0.25, -0.2) is 0 Å². The molecule has 1 rings (SSSR count). The SMILES string of the molecule is CNc1nc(NC(C)=O)nc(Cl)c1[N+](=O)[O-]. The maximum absolute atomic E-state index is 10.8. The van der Waals surface area contributed by atoms with Crippen molar-refractivity contribution in [3.05, 3.63) is 15.3 Å². The molecule has 0 fully saturated rings. The standard InChI is InChI=1S/C7H8ClN5O3/c1-3(14)10-7-11-5(8)4(13(15)16)6(9-2)12-7/h1-2H3,(H2,9,10,11,12,14). The van der Waals surface area contributed by atoms with Crippen molar-refractivity contribution in [3.63, 3.8) is 0 Å². The van der Waals surface area contributed by atoms with Crippen molar-refractivity contribution in [1.29, 1.82) is 0 Å². The highest BCUT2D eigenvalue weighted by atomic mass is 35.5. The number of hydrogen-bond donors (Lipinski definition) is 2. The van der Waals surface area contributed by atoms with E-state index in [0.29, 0.717) is 0 Å². The number of nitro groups is 1. The van der Waals surface area contributed by atoms with Gasteiger partial charge >= 0.3 is 5.69 Å². The molecule has 9 heteroatoms. The van der Waals surface area contributed by atoms with Crippen LogP contribution in [0.4, 0.5) is 17.5 Å². The van der Waals surface area contributed by atoms with E-state index in [0.717, 1.165) is 0 Å². The summed E-state index contributed by atoms with van der Waals surface area (Å²) in [4.78, 5) is 28.0. The van der Waals surface area contributed by atoms with E-state index in [2.05, 4.69) is 20.6 Å². The minimum atomic E-state index is -0.703. The van der Waals surface area contributed by atoms with Crippen LogP contribution in [0.15, 0.2) is 0 Å². The first-order chi connectivity index (χ1) is 7.45. The van der Waals surface area contributed by atoms with Gasteiger partial charge < -0.3 is 5.32 Å². The molecule has 0 saturated carbocycles. The Balaban J connectivity index is 3.26. The fourth-order valence-corrected chi connectivity index (χ4v) is 1.22. The highest BCUT2D eigenvalue weighted by molar-refractivity contribution is 6.32. The van der Waals surface area contributed by atoms with Crippen LogP contribution in [0.3, 0.4) is 0 Å². The molecule has 16 heavy (non-hydrogen) atoms. The zero-order valence-corrected chi connectivity index (χ0v) is 9.20. The Morgan fingerprint density at radius 3 is 2.56 bits per heavy atom. The molecular formula is C7H8ClN5O3. The number of aromatic nitrogens is 2. The summed E-state index contributed by atoms with van der Waals surface area (Å²) in [6, 6.07) is 0. The van der Waals surface area contributed by atoms with Gasteiger partial charge in [-0.05, 0) is 0 Å². The molecule has 1 amide bonds. The summed E-state index contributed by atoms with van der Waals surface area (Å²) < 4.78 is 0. The van der Waals surface area contributed by atoms with Crippen molar-refractivity contribution in [3.8, 4) is 0 Å². The lowest BCUT2D eigenvalue weighted by Gasteiger charge is -2.05. The largest absolute Gasteiger partial charge is 0.367 e.